The van der Waals surface area contributed by atoms with E-state index in [2.05, 4.69) is 4.98 Å². The van der Waals surface area contributed by atoms with E-state index in [0.717, 1.165) is 46.8 Å². The molecule has 1 aromatic carbocycles. The molecule has 2 aromatic rings. The highest BCUT2D eigenvalue weighted by molar-refractivity contribution is 7.17. The number of rotatable bonds is 4. The topological polar surface area (TPSA) is 53.4 Å². The number of aryl methyl sites for hydroxylation is 1. The van der Waals surface area contributed by atoms with E-state index in [9.17, 15) is 9.90 Å². The van der Waals surface area contributed by atoms with Crippen molar-refractivity contribution < 1.29 is 9.90 Å². The lowest BCUT2D eigenvalue weighted by molar-refractivity contribution is 0.0656. The highest BCUT2D eigenvalue weighted by Crippen LogP contribution is 2.31. The lowest BCUT2D eigenvalue weighted by atomic mass is 9.86. The molecule has 1 saturated carbocycles. The van der Waals surface area contributed by atoms with Gasteiger partial charge in [0, 0.05) is 25.3 Å². The number of aliphatic hydroxyl groups is 1. The van der Waals surface area contributed by atoms with E-state index in [0.29, 0.717) is 5.92 Å². The van der Waals surface area contributed by atoms with Crippen molar-refractivity contribution in [2.75, 3.05) is 13.7 Å². The van der Waals surface area contributed by atoms with Gasteiger partial charge in [0.25, 0.3) is 5.91 Å². The van der Waals surface area contributed by atoms with Crippen LogP contribution in [-0.4, -0.2) is 40.6 Å². The summed E-state index contributed by atoms with van der Waals surface area (Å²) in [5.41, 5.74) is 1.86. The van der Waals surface area contributed by atoms with Gasteiger partial charge in [-0.1, -0.05) is 30.3 Å². The third-order valence-corrected chi connectivity index (χ3v) is 6.15. The Labute approximate surface area is 147 Å². The first kappa shape index (κ1) is 17.1. The van der Waals surface area contributed by atoms with Crippen LogP contribution >= 0.6 is 11.3 Å². The van der Waals surface area contributed by atoms with E-state index in [1.165, 1.54) is 11.3 Å². The molecule has 1 amide bonds. The minimum Gasteiger partial charge on any atom is -0.396 e. The number of aliphatic hydroxyl groups excluding tert-OH is 1. The summed E-state index contributed by atoms with van der Waals surface area (Å²) in [7, 11) is 1.90. The monoisotopic (exact) mass is 344 g/mol. The third kappa shape index (κ3) is 3.52. The molecule has 24 heavy (non-hydrogen) atoms. The van der Waals surface area contributed by atoms with Gasteiger partial charge in [0.2, 0.25) is 0 Å². The molecule has 0 aliphatic heterocycles. The van der Waals surface area contributed by atoms with E-state index in [-0.39, 0.29) is 18.6 Å². The predicted molar refractivity (Wildman–Crippen MR) is 97.2 cm³/mol. The molecule has 1 aromatic heterocycles. The van der Waals surface area contributed by atoms with E-state index in [4.69, 9.17) is 0 Å². The first-order valence-electron chi connectivity index (χ1n) is 8.51. The molecular formula is C19H24N2O2S. The summed E-state index contributed by atoms with van der Waals surface area (Å²) < 4.78 is 0. The Morgan fingerprint density at radius 3 is 2.54 bits per heavy atom. The Morgan fingerprint density at radius 1 is 1.25 bits per heavy atom. The zero-order valence-corrected chi connectivity index (χ0v) is 15.1. The normalized spacial score (nSPS) is 20.8. The predicted octanol–water partition coefficient (Wildman–Crippen LogP) is 3.74. The molecule has 4 nitrogen and oxygen atoms in total. The number of carbonyl (C=O) groups excluding carboxylic acids is 1. The maximum Gasteiger partial charge on any atom is 0.265 e. The zero-order chi connectivity index (χ0) is 17.1. The van der Waals surface area contributed by atoms with Gasteiger partial charge in [-0.2, -0.15) is 0 Å². The van der Waals surface area contributed by atoms with Crippen LogP contribution in [-0.2, 0) is 0 Å². The number of amides is 1. The fraction of sp³-hybridized carbons (Fsp3) is 0.474. The summed E-state index contributed by atoms with van der Waals surface area (Å²) in [4.78, 5) is 20.1. The molecule has 1 aliphatic rings. The van der Waals surface area contributed by atoms with Gasteiger partial charge in [0.1, 0.15) is 9.88 Å². The van der Waals surface area contributed by atoms with Crippen LogP contribution < -0.4 is 0 Å². The lowest BCUT2D eigenvalue weighted by Crippen LogP contribution is -2.39. The third-order valence-electron chi connectivity index (χ3n) is 4.95. The molecule has 0 radical (unpaired) electrons. The zero-order valence-electron chi connectivity index (χ0n) is 14.2. The molecular weight excluding hydrogens is 320 g/mol. The summed E-state index contributed by atoms with van der Waals surface area (Å²) in [6, 6.07) is 10.3. The van der Waals surface area contributed by atoms with E-state index >= 15 is 0 Å². The standard InChI is InChI=1S/C19H24N2O2S/c1-13-17(24-18(20-13)15-6-4-3-5-7-15)19(23)21(2)16-10-8-14(12-22)9-11-16/h3-7,14,16,22H,8-12H2,1-2H3. The van der Waals surface area contributed by atoms with Crippen LogP contribution in [0.4, 0.5) is 0 Å². The minimum atomic E-state index is 0.0691. The van der Waals surface area contributed by atoms with Gasteiger partial charge in [-0.25, -0.2) is 4.98 Å². The summed E-state index contributed by atoms with van der Waals surface area (Å²) in [6.07, 6.45) is 3.93. The fourth-order valence-electron chi connectivity index (χ4n) is 3.34. The number of benzene rings is 1. The van der Waals surface area contributed by atoms with Gasteiger partial charge < -0.3 is 10.0 Å². The molecule has 1 aliphatic carbocycles. The lowest BCUT2D eigenvalue weighted by Gasteiger charge is -2.34. The molecule has 0 bridgehead atoms. The number of hydrogen-bond donors (Lipinski definition) is 1. The van der Waals surface area contributed by atoms with Gasteiger partial charge in [0.15, 0.2) is 0 Å². The fourth-order valence-corrected chi connectivity index (χ4v) is 4.39. The van der Waals surface area contributed by atoms with Crippen LogP contribution in [0.2, 0.25) is 0 Å². The van der Waals surface area contributed by atoms with Crippen LogP contribution in [0.3, 0.4) is 0 Å². The van der Waals surface area contributed by atoms with Crippen molar-refractivity contribution in [3.05, 3.63) is 40.9 Å². The number of nitrogens with zero attached hydrogens (tertiary/aromatic N) is 2. The van der Waals surface area contributed by atoms with E-state index in [1.54, 1.807) is 0 Å². The summed E-state index contributed by atoms with van der Waals surface area (Å²) in [5.74, 6) is 0.471. The smallest absolute Gasteiger partial charge is 0.265 e. The van der Waals surface area contributed by atoms with Crippen molar-refractivity contribution in [3.8, 4) is 10.6 Å². The largest absolute Gasteiger partial charge is 0.396 e. The van der Waals surface area contributed by atoms with Gasteiger partial charge in [-0.15, -0.1) is 11.3 Å². The molecule has 0 saturated heterocycles. The second kappa shape index (κ2) is 7.45. The molecule has 1 fully saturated rings. The molecule has 5 heteroatoms. The Morgan fingerprint density at radius 2 is 1.92 bits per heavy atom. The maximum atomic E-state index is 12.9. The van der Waals surface area contributed by atoms with Gasteiger partial charge in [0.05, 0.1) is 5.69 Å². The second-order valence-electron chi connectivity index (χ2n) is 6.57. The first-order valence-corrected chi connectivity index (χ1v) is 9.32. The van der Waals surface area contributed by atoms with Crippen molar-refractivity contribution in [1.29, 1.82) is 0 Å². The maximum absolute atomic E-state index is 12.9. The minimum absolute atomic E-state index is 0.0691. The number of aromatic nitrogens is 1. The number of thiazole rings is 1. The summed E-state index contributed by atoms with van der Waals surface area (Å²) >= 11 is 1.48. The highest BCUT2D eigenvalue weighted by Gasteiger charge is 2.28. The summed E-state index contributed by atoms with van der Waals surface area (Å²) in [6.45, 7) is 2.17. The van der Waals surface area contributed by atoms with Crippen molar-refractivity contribution >= 4 is 17.2 Å². The molecule has 3 rings (SSSR count). The van der Waals surface area contributed by atoms with Crippen molar-refractivity contribution in [2.45, 2.75) is 38.6 Å². The van der Waals surface area contributed by atoms with Gasteiger partial charge >= 0.3 is 0 Å². The average molecular weight is 344 g/mol. The Bertz CT molecular complexity index is 691. The van der Waals surface area contributed by atoms with Crippen LogP contribution in [0.25, 0.3) is 10.6 Å². The van der Waals surface area contributed by atoms with Crippen molar-refractivity contribution in [3.63, 3.8) is 0 Å². The van der Waals surface area contributed by atoms with Gasteiger partial charge in [-0.05, 0) is 38.5 Å². The average Bonchev–Trinajstić information content (AvgIpc) is 3.03. The quantitative estimate of drug-likeness (QED) is 0.919. The second-order valence-corrected chi connectivity index (χ2v) is 7.57. The molecule has 0 atom stereocenters. The van der Waals surface area contributed by atoms with E-state index < -0.39 is 0 Å². The number of carbonyl (C=O) groups is 1. The van der Waals surface area contributed by atoms with Crippen molar-refractivity contribution in [2.24, 2.45) is 5.92 Å². The van der Waals surface area contributed by atoms with Crippen LogP contribution in [0.1, 0.15) is 41.0 Å². The van der Waals surface area contributed by atoms with E-state index in [1.807, 2.05) is 49.2 Å². The molecule has 1 N–H and O–H groups in total. The Kier molecular flexibility index (Phi) is 5.31. The number of hydrogen-bond acceptors (Lipinski definition) is 4. The van der Waals surface area contributed by atoms with Crippen molar-refractivity contribution in [1.82, 2.24) is 9.88 Å². The molecule has 1 heterocycles. The Balaban J connectivity index is 1.74. The molecule has 0 unspecified atom stereocenters. The highest BCUT2D eigenvalue weighted by atomic mass is 32.1. The van der Waals surface area contributed by atoms with Crippen LogP contribution in [0.15, 0.2) is 30.3 Å². The molecule has 0 spiro atoms. The van der Waals surface area contributed by atoms with Crippen LogP contribution in [0.5, 0.6) is 0 Å². The van der Waals surface area contributed by atoms with Gasteiger partial charge in [-0.3, -0.25) is 4.79 Å². The molecule has 128 valence electrons. The first-order chi connectivity index (χ1) is 11.6. The van der Waals surface area contributed by atoms with Crippen LogP contribution in [0, 0.1) is 12.8 Å². The SMILES string of the molecule is Cc1nc(-c2ccccc2)sc1C(=O)N(C)C1CCC(CO)CC1. The summed E-state index contributed by atoms with van der Waals surface area (Å²) in [5, 5.41) is 10.2. The Hall–Kier alpha value is -1.72.